The lowest BCUT2D eigenvalue weighted by atomic mass is 9.74. The van der Waals surface area contributed by atoms with Gasteiger partial charge in [0.2, 0.25) is 5.91 Å². The highest BCUT2D eigenvalue weighted by Crippen LogP contribution is 2.46. The average Bonchev–Trinajstić information content (AvgIpc) is 3.62. The second kappa shape index (κ2) is 6.43. The van der Waals surface area contributed by atoms with Crippen molar-refractivity contribution in [2.45, 2.75) is 50.4 Å². The first-order chi connectivity index (χ1) is 13.1. The van der Waals surface area contributed by atoms with Gasteiger partial charge in [-0.1, -0.05) is 18.0 Å². The Bertz CT molecular complexity index is 841. The van der Waals surface area contributed by atoms with Crippen molar-refractivity contribution < 1.29 is 13.7 Å². The minimum Gasteiger partial charge on any atom is -0.341 e. The zero-order valence-corrected chi connectivity index (χ0v) is 15.4. The fourth-order valence-electron chi connectivity index (χ4n) is 4.37. The van der Waals surface area contributed by atoms with E-state index in [-0.39, 0.29) is 17.2 Å². The van der Waals surface area contributed by atoms with Crippen molar-refractivity contribution in [3.05, 3.63) is 35.9 Å². The maximum absolute atomic E-state index is 13.2. The number of piperidine rings is 1. The molecular weight excluding hydrogens is 345 g/mol. The molecule has 1 unspecified atom stereocenters. The van der Waals surface area contributed by atoms with Crippen LogP contribution in [0.1, 0.15) is 50.8 Å². The van der Waals surface area contributed by atoms with E-state index in [1.807, 2.05) is 4.90 Å². The van der Waals surface area contributed by atoms with E-state index in [1.54, 1.807) is 12.1 Å². The number of aromatic nitrogens is 2. The lowest BCUT2D eigenvalue weighted by Crippen LogP contribution is -2.49. The number of carbonyl (C=O) groups excluding carboxylic acids is 1. The van der Waals surface area contributed by atoms with Crippen LogP contribution in [0.25, 0.3) is 11.5 Å². The van der Waals surface area contributed by atoms with Crippen molar-refractivity contribution in [1.82, 2.24) is 15.0 Å². The van der Waals surface area contributed by atoms with Gasteiger partial charge in [-0.25, -0.2) is 4.39 Å². The van der Waals surface area contributed by atoms with E-state index in [0.29, 0.717) is 30.1 Å². The number of carbonyl (C=O) groups is 1. The van der Waals surface area contributed by atoms with E-state index in [0.717, 1.165) is 44.2 Å². The maximum atomic E-state index is 13.2. The van der Waals surface area contributed by atoms with Crippen LogP contribution in [0.5, 0.6) is 0 Å². The van der Waals surface area contributed by atoms with Crippen molar-refractivity contribution in [1.29, 1.82) is 0 Å². The topological polar surface area (TPSA) is 59.2 Å². The molecule has 6 heteroatoms. The number of hydrogen-bond donors (Lipinski definition) is 0. The van der Waals surface area contributed by atoms with Gasteiger partial charge >= 0.3 is 0 Å². The number of hydrogen-bond acceptors (Lipinski definition) is 4. The normalized spacial score (nSPS) is 25.6. The number of likely N-dealkylation sites (tertiary alicyclic amines) is 1. The molecule has 27 heavy (non-hydrogen) atoms. The second-order valence-electron chi connectivity index (χ2n) is 8.50. The SMILES string of the molecule is O=C(C1CC1)N1CCCC(CC2CC2)(c2noc(-c3ccc(F)cc3)n2)C1. The van der Waals surface area contributed by atoms with Gasteiger partial charge < -0.3 is 9.42 Å². The monoisotopic (exact) mass is 369 g/mol. The van der Waals surface area contributed by atoms with Crippen LogP contribution < -0.4 is 0 Å². The molecule has 2 saturated carbocycles. The third-order valence-electron chi connectivity index (χ3n) is 6.18. The molecule has 1 amide bonds. The quantitative estimate of drug-likeness (QED) is 0.801. The smallest absolute Gasteiger partial charge is 0.257 e. The molecule has 1 aliphatic heterocycles. The van der Waals surface area contributed by atoms with Crippen molar-refractivity contribution in [2.75, 3.05) is 13.1 Å². The summed E-state index contributed by atoms with van der Waals surface area (Å²) >= 11 is 0. The Labute approximate surface area is 157 Å². The molecule has 0 spiro atoms. The first kappa shape index (κ1) is 16.9. The predicted molar refractivity (Wildman–Crippen MR) is 97.2 cm³/mol. The summed E-state index contributed by atoms with van der Waals surface area (Å²) in [6.45, 7) is 1.53. The first-order valence-corrected chi connectivity index (χ1v) is 10.0. The summed E-state index contributed by atoms with van der Waals surface area (Å²) in [4.78, 5) is 19.4. The largest absolute Gasteiger partial charge is 0.341 e. The van der Waals surface area contributed by atoms with Crippen LogP contribution in [-0.4, -0.2) is 34.0 Å². The Balaban J connectivity index is 1.44. The second-order valence-corrected chi connectivity index (χ2v) is 8.50. The molecule has 5 rings (SSSR count). The van der Waals surface area contributed by atoms with E-state index in [9.17, 15) is 9.18 Å². The van der Waals surface area contributed by atoms with Crippen molar-refractivity contribution in [3.63, 3.8) is 0 Å². The van der Waals surface area contributed by atoms with Crippen LogP contribution in [-0.2, 0) is 10.2 Å². The van der Waals surface area contributed by atoms with Gasteiger partial charge in [-0.3, -0.25) is 4.79 Å². The first-order valence-electron chi connectivity index (χ1n) is 10.0. The molecule has 0 bridgehead atoms. The maximum Gasteiger partial charge on any atom is 0.257 e. The summed E-state index contributed by atoms with van der Waals surface area (Å²) in [7, 11) is 0. The fraction of sp³-hybridized carbons (Fsp3) is 0.571. The lowest BCUT2D eigenvalue weighted by molar-refractivity contribution is -0.135. The Morgan fingerprint density at radius 3 is 2.70 bits per heavy atom. The van der Waals surface area contributed by atoms with Crippen LogP contribution in [0.15, 0.2) is 28.8 Å². The highest BCUT2D eigenvalue weighted by Gasteiger charge is 2.47. The molecule has 3 aliphatic rings. The summed E-state index contributed by atoms with van der Waals surface area (Å²) < 4.78 is 18.7. The molecule has 1 aromatic heterocycles. The van der Waals surface area contributed by atoms with Crippen LogP contribution in [0.4, 0.5) is 4.39 Å². The molecule has 1 atom stereocenters. The van der Waals surface area contributed by atoms with E-state index in [2.05, 4.69) is 5.16 Å². The lowest BCUT2D eigenvalue weighted by Gasteiger charge is -2.41. The van der Waals surface area contributed by atoms with E-state index in [1.165, 1.54) is 25.0 Å². The zero-order valence-electron chi connectivity index (χ0n) is 15.4. The number of halogens is 1. The minimum absolute atomic E-state index is 0.217. The summed E-state index contributed by atoms with van der Waals surface area (Å²) in [5.74, 6) is 2.09. The Morgan fingerprint density at radius 2 is 2.00 bits per heavy atom. The Kier molecular flexibility index (Phi) is 4.02. The van der Waals surface area contributed by atoms with E-state index >= 15 is 0 Å². The van der Waals surface area contributed by atoms with Gasteiger partial charge in [0.15, 0.2) is 5.82 Å². The number of nitrogens with zero attached hydrogens (tertiary/aromatic N) is 3. The highest BCUT2D eigenvalue weighted by atomic mass is 19.1. The number of rotatable bonds is 5. The van der Waals surface area contributed by atoms with Gasteiger partial charge in [-0.2, -0.15) is 4.98 Å². The fourth-order valence-corrected chi connectivity index (χ4v) is 4.37. The molecule has 142 valence electrons. The molecule has 1 saturated heterocycles. The summed E-state index contributed by atoms with van der Waals surface area (Å²) in [5, 5.41) is 4.33. The summed E-state index contributed by atoms with van der Waals surface area (Å²) in [6.07, 6.45) is 7.54. The molecule has 0 N–H and O–H groups in total. The molecule has 2 aromatic rings. The van der Waals surface area contributed by atoms with Crippen LogP contribution in [0, 0.1) is 17.7 Å². The summed E-state index contributed by atoms with van der Waals surface area (Å²) in [5.41, 5.74) is 0.504. The molecular formula is C21H24FN3O2. The van der Waals surface area contributed by atoms with Gasteiger partial charge in [0, 0.05) is 24.6 Å². The zero-order chi connectivity index (χ0) is 18.4. The van der Waals surface area contributed by atoms with Gasteiger partial charge in [-0.15, -0.1) is 0 Å². The average molecular weight is 369 g/mol. The van der Waals surface area contributed by atoms with Gasteiger partial charge in [0.05, 0.1) is 5.41 Å². The van der Waals surface area contributed by atoms with Crippen LogP contribution in [0.2, 0.25) is 0 Å². The van der Waals surface area contributed by atoms with Gasteiger partial charge in [0.25, 0.3) is 5.89 Å². The molecule has 3 fully saturated rings. The van der Waals surface area contributed by atoms with E-state index < -0.39 is 0 Å². The van der Waals surface area contributed by atoms with Gasteiger partial charge in [-0.05, 0) is 62.3 Å². The molecule has 2 aliphatic carbocycles. The van der Waals surface area contributed by atoms with Crippen LogP contribution >= 0.6 is 0 Å². The van der Waals surface area contributed by atoms with E-state index in [4.69, 9.17) is 9.51 Å². The predicted octanol–water partition coefficient (Wildman–Crippen LogP) is 3.95. The minimum atomic E-state index is -0.287. The molecule has 2 heterocycles. The van der Waals surface area contributed by atoms with Crippen molar-refractivity contribution >= 4 is 5.91 Å². The number of amides is 1. The standard InChI is InChI=1S/C21H24FN3O2/c22-17-8-6-15(7-9-17)18-23-20(24-27-18)21(12-14-2-3-14)10-1-11-25(13-21)19(26)16-4-5-16/h6-9,14,16H,1-5,10-13H2. The van der Waals surface area contributed by atoms with Crippen molar-refractivity contribution in [2.24, 2.45) is 11.8 Å². The van der Waals surface area contributed by atoms with Crippen LogP contribution in [0.3, 0.4) is 0 Å². The highest BCUT2D eigenvalue weighted by molar-refractivity contribution is 5.81. The Morgan fingerprint density at radius 1 is 1.22 bits per heavy atom. The molecule has 5 nitrogen and oxygen atoms in total. The Hall–Kier alpha value is -2.24. The molecule has 1 aromatic carbocycles. The number of benzene rings is 1. The van der Waals surface area contributed by atoms with Gasteiger partial charge in [0.1, 0.15) is 5.82 Å². The van der Waals surface area contributed by atoms with Crippen molar-refractivity contribution in [3.8, 4) is 11.5 Å². The summed E-state index contributed by atoms with van der Waals surface area (Å²) in [6, 6.07) is 6.11. The third kappa shape index (κ3) is 3.37. The molecule has 0 radical (unpaired) electrons. The third-order valence-corrected chi connectivity index (χ3v) is 6.18.